The zero-order valence-electron chi connectivity index (χ0n) is 19.7. The van der Waals surface area contributed by atoms with Gasteiger partial charge < -0.3 is 20.7 Å². The topological polar surface area (TPSA) is 122 Å². The summed E-state index contributed by atoms with van der Waals surface area (Å²) < 4.78 is 5.43. The van der Waals surface area contributed by atoms with Crippen LogP contribution in [0, 0.1) is 0 Å². The molecule has 3 rings (SSSR count). The fourth-order valence-corrected chi connectivity index (χ4v) is 3.95. The van der Waals surface area contributed by atoms with Crippen molar-refractivity contribution < 1.29 is 14.3 Å². The molecule has 184 valence electrons. The second kappa shape index (κ2) is 10.3. The molecule has 1 aliphatic rings. The summed E-state index contributed by atoms with van der Waals surface area (Å²) in [6.07, 6.45) is 1.43. The van der Waals surface area contributed by atoms with Gasteiger partial charge in [0.25, 0.3) is 0 Å². The average Bonchev–Trinajstić information content (AvgIpc) is 2.73. The maximum atomic E-state index is 12.6. The quantitative estimate of drug-likeness (QED) is 0.495. The summed E-state index contributed by atoms with van der Waals surface area (Å²) >= 11 is 12.7. The van der Waals surface area contributed by atoms with E-state index in [0.29, 0.717) is 47.3 Å². The Balaban J connectivity index is 2.13. The van der Waals surface area contributed by atoms with Crippen molar-refractivity contribution in [1.82, 2.24) is 15.3 Å². The number of amides is 2. The number of hydrogen-bond acceptors (Lipinski definition) is 7. The normalized spacial score (nSPS) is 15.6. The predicted molar refractivity (Wildman–Crippen MR) is 134 cm³/mol. The third-order valence-corrected chi connectivity index (χ3v) is 6.15. The van der Waals surface area contributed by atoms with Crippen LogP contribution < -0.4 is 21.3 Å². The highest BCUT2D eigenvalue weighted by Crippen LogP contribution is 2.37. The number of nitrogens with two attached hydrogens (primary N) is 1. The monoisotopic (exact) mass is 508 g/mol. The number of carbonyl (C=O) groups excluding carboxylic acids is 2. The first-order chi connectivity index (χ1) is 15.9. The van der Waals surface area contributed by atoms with Crippen molar-refractivity contribution >= 4 is 47.3 Å². The summed E-state index contributed by atoms with van der Waals surface area (Å²) in [5, 5.41) is 5.96. The molecule has 2 heterocycles. The van der Waals surface area contributed by atoms with Crippen molar-refractivity contribution in [2.75, 3.05) is 23.3 Å². The van der Waals surface area contributed by atoms with Gasteiger partial charge in [-0.2, -0.15) is 0 Å². The molecule has 1 aromatic heterocycles. The largest absolute Gasteiger partial charge is 0.444 e. The number of hydrogen-bond donors (Lipinski definition) is 3. The van der Waals surface area contributed by atoms with Crippen LogP contribution in [0.25, 0.3) is 11.3 Å². The zero-order chi connectivity index (χ0) is 25.1. The predicted octanol–water partition coefficient (Wildman–Crippen LogP) is 4.36. The Morgan fingerprint density at radius 1 is 1.26 bits per heavy atom. The van der Waals surface area contributed by atoms with Crippen molar-refractivity contribution in [1.29, 1.82) is 0 Å². The molecule has 2 amide bonds. The van der Waals surface area contributed by atoms with Crippen LogP contribution in [0.4, 0.5) is 16.4 Å². The summed E-state index contributed by atoms with van der Waals surface area (Å²) in [4.78, 5) is 35.3. The number of nitrogens with zero attached hydrogens (tertiary/aromatic N) is 3. The van der Waals surface area contributed by atoms with Crippen LogP contribution in [0.1, 0.15) is 46.2 Å². The molecule has 2 aromatic rings. The highest BCUT2D eigenvalue weighted by molar-refractivity contribution is 6.43. The summed E-state index contributed by atoms with van der Waals surface area (Å²) in [5.74, 6) is 0.710. The summed E-state index contributed by atoms with van der Waals surface area (Å²) in [6.45, 7) is 8.76. The van der Waals surface area contributed by atoms with E-state index in [9.17, 15) is 9.59 Å². The first-order valence-corrected chi connectivity index (χ1v) is 11.7. The highest BCUT2D eigenvalue weighted by atomic mass is 35.5. The number of aromatic nitrogens is 2. The van der Waals surface area contributed by atoms with Crippen LogP contribution in [0.5, 0.6) is 0 Å². The van der Waals surface area contributed by atoms with Gasteiger partial charge in [0.15, 0.2) is 11.6 Å². The van der Waals surface area contributed by atoms with E-state index >= 15 is 0 Å². The molecule has 1 aliphatic heterocycles. The standard InChI is InChI=1S/C23H30Cl2N6O3/c1-22(2,3)34-21(33)30-19-18(14-6-5-7-15(24)17(14)25)28-16(12-27-13-32)20(29-19)31-10-8-23(4,26)9-11-31/h5-7,13H,8-12,26H2,1-4H3,(H,27,32)(H,29,30,33). The minimum Gasteiger partial charge on any atom is -0.444 e. The van der Waals surface area contributed by atoms with Gasteiger partial charge in [-0.25, -0.2) is 14.8 Å². The van der Waals surface area contributed by atoms with E-state index in [0.717, 1.165) is 12.8 Å². The SMILES string of the molecule is CC1(N)CCN(c2nc(NC(=O)OC(C)(C)C)c(-c3cccc(Cl)c3Cl)nc2CNC=O)CC1. The Kier molecular flexibility index (Phi) is 7.90. The molecule has 9 nitrogen and oxygen atoms in total. The molecule has 0 spiro atoms. The number of anilines is 2. The lowest BCUT2D eigenvalue weighted by atomic mass is 9.91. The summed E-state index contributed by atoms with van der Waals surface area (Å²) in [7, 11) is 0. The number of nitrogens with one attached hydrogen (secondary N) is 2. The van der Waals surface area contributed by atoms with E-state index in [1.165, 1.54) is 0 Å². The fourth-order valence-electron chi connectivity index (χ4n) is 3.56. The maximum absolute atomic E-state index is 12.6. The number of rotatable bonds is 6. The lowest BCUT2D eigenvalue weighted by molar-refractivity contribution is -0.109. The van der Waals surface area contributed by atoms with E-state index in [1.807, 2.05) is 11.8 Å². The van der Waals surface area contributed by atoms with Gasteiger partial charge in [-0.15, -0.1) is 0 Å². The molecular formula is C23H30Cl2N6O3. The van der Waals surface area contributed by atoms with Crippen LogP contribution in [0.2, 0.25) is 10.0 Å². The highest BCUT2D eigenvalue weighted by Gasteiger charge is 2.30. The molecule has 0 atom stereocenters. The molecule has 0 aliphatic carbocycles. The summed E-state index contributed by atoms with van der Waals surface area (Å²) in [5.41, 5.74) is 6.64. The number of carbonyl (C=O) groups is 2. The minimum atomic E-state index is -0.708. The average molecular weight is 509 g/mol. The van der Waals surface area contributed by atoms with Crippen molar-refractivity contribution in [3.8, 4) is 11.3 Å². The van der Waals surface area contributed by atoms with Gasteiger partial charge in [0.2, 0.25) is 6.41 Å². The van der Waals surface area contributed by atoms with Gasteiger partial charge in [0.05, 0.1) is 16.6 Å². The Bertz CT molecular complexity index is 1060. The number of halogens is 2. The van der Waals surface area contributed by atoms with Crippen molar-refractivity contribution in [3.63, 3.8) is 0 Å². The van der Waals surface area contributed by atoms with Crippen molar-refractivity contribution in [2.24, 2.45) is 5.73 Å². The molecule has 1 saturated heterocycles. The van der Waals surface area contributed by atoms with Crippen LogP contribution in [0.3, 0.4) is 0 Å². The molecule has 0 radical (unpaired) electrons. The molecule has 0 unspecified atom stereocenters. The lowest BCUT2D eigenvalue weighted by Gasteiger charge is -2.38. The molecular weight excluding hydrogens is 479 g/mol. The Morgan fingerprint density at radius 3 is 2.56 bits per heavy atom. The lowest BCUT2D eigenvalue weighted by Crippen LogP contribution is -2.48. The van der Waals surface area contributed by atoms with Gasteiger partial charge in [-0.1, -0.05) is 35.3 Å². The van der Waals surface area contributed by atoms with Gasteiger partial charge in [0.1, 0.15) is 17.0 Å². The van der Waals surface area contributed by atoms with Crippen LogP contribution in [-0.2, 0) is 16.1 Å². The van der Waals surface area contributed by atoms with Crippen LogP contribution in [-0.4, -0.2) is 46.7 Å². The molecule has 34 heavy (non-hydrogen) atoms. The smallest absolute Gasteiger partial charge is 0.413 e. The number of piperidine rings is 1. The Hall–Kier alpha value is -2.62. The van der Waals surface area contributed by atoms with Crippen LogP contribution >= 0.6 is 23.2 Å². The van der Waals surface area contributed by atoms with Gasteiger partial charge in [-0.3, -0.25) is 10.1 Å². The molecule has 0 saturated carbocycles. The molecule has 0 bridgehead atoms. The minimum absolute atomic E-state index is 0.139. The second-order valence-electron chi connectivity index (χ2n) is 9.56. The third-order valence-electron chi connectivity index (χ3n) is 5.33. The second-order valence-corrected chi connectivity index (χ2v) is 10.3. The van der Waals surface area contributed by atoms with Gasteiger partial charge >= 0.3 is 6.09 Å². The van der Waals surface area contributed by atoms with E-state index in [4.69, 9.17) is 43.6 Å². The molecule has 1 aromatic carbocycles. The maximum Gasteiger partial charge on any atom is 0.413 e. The van der Waals surface area contributed by atoms with Crippen LogP contribution in [0.15, 0.2) is 18.2 Å². The number of ether oxygens (including phenoxy) is 1. The molecule has 4 N–H and O–H groups in total. The van der Waals surface area contributed by atoms with Crippen molar-refractivity contribution in [2.45, 2.75) is 58.2 Å². The summed E-state index contributed by atoms with van der Waals surface area (Å²) in [6, 6.07) is 5.12. The zero-order valence-corrected chi connectivity index (χ0v) is 21.3. The van der Waals surface area contributed by atoms with E-state index < -0.39 is 11.7 Å². The van der Waals surface area contributed by atoms with E-state index in [1.54, 1.807) is 39.0 Å². The molecule has 1 fully saturated rings. The third kappa shape index (κ3) is 6.49. The van der Waals surface area contributed by atoms with Crippen molar-refractivity contribution in [3.05, 3.63) is 33.9 Å². The van der Waals surface area contributed by atoms with E-state index in [2.05, 4.69) is 10.6 Å². The number of benzene rings is 1. The fraction of sp³-hybridized carbons (Fsp3) is 0.478. The van der Waals surface area contributed by atoms with Gasteiger partial charge in [0, 0.05) is 24.2 Å². The first kappa shape index (κ1) is 26.0. The Morgan fingerprint density at radius 2 is 1.94 bits per heavy atom. The van der Waals surface area contributed by atoms with E-state index in [-0.39, 0.29) is 22.9 Å². The molecule has 11 heteroatoms. The van der Waals surface area contributed by atoms with Gasteiger partial charge in [-0.05, 0) is 46.6 Å². The Labute approximate surface area is 209 Å². The first-order valence-electron chi connectivity index (χ1n) is 11.0.